The van der Waals surface area contributed by atoms with Gasteiger partial charge in [-0.3, -0.25) is 9.59 Å². The standard InChI is InChI=1S/C21H32O2/c1-13(22)19-18(23)12-17-15-8-7-14-6-4-5-10-20(14,2)16(15)9-11-21(17,19)3/h14-17,19H,4-12H2,1-3H3/t14-,15-,16+,17+,19+,20+,21+/m1/s1. The molecular weight excluding hydrogens is 284 g/mol. The van der Waals surface area contributed by atoms with Crippen LogP contribution in [0.25, 0.3) is 0 Å². The van der Waals surface area contributed by atoms with E-state index < -0.39 is 0 Å². The lowest BCUT2D eigenvalue weighted by Crippen LogP contribution is -2.53. The fraction of sp³-hybridized carbons (Fsp3) is 0.905. The Hall–Kier alpha value is -0.660. The van der Waals surface area contributed by atoms with Crippen LogP contribution < -0.4 is 0 Å². The van der Waals surface area contributed by atoms with Crippen molar-refractivity contribution in [1.82, 2.24) is 0 Å². The summed E-state index contributed by atoms with van der Waals surface area (Å²) >= 11 is 0. The lowest BCUT2D eigenvalue weighted by molar-refractivity contribution is -0.137. The molecule has 128 valence electrons. The lowest BCUT2D eigenvalue weighted by atomic mass is 9.45. The van der Waals surface area contributed by atoms with Crippen molar-refractivity contribution < 1.29 is 9.59 Å². The number of Topliss-reactive ketones (excluding diaryl/α,β-unsaturated/α-hetero) is 2. The fourth-order valence-electron chi connectivity index (χ4n) is 7.78. The highest BCUT2D eigenvalue weighted by Crippen LogP contribution is 2.66. The predicted octanol–water partition coefficient (Wildman–Crippen LogP) is 4.80. The minimum Gasteiger partial charge on any atom is -0.299 e. The van der Waals surface area contributed by atoms with Crippen molar-refractivity contribution in [3.05, 3.63) is 0 Å². The number of ketones is 2. The molecule has 0 amide bonds. The Morgan fingerprint density at radius 3 is 2.48 bits per heavy atom. The zero-order valence-electron chi connectivity index (χ0n) is 15.1. The van der Waals surface area contributed by atoms with E-state index in [1.54, 1.807) is 6.92 Å². The van der Waals surface area contributed by atoms with Gasteiger partial charge in [-0.15, -0.1) is 0 Å². The summed E-state index contributed by atoms with van der Waals surface area (Å²) in [5, 5.41) is 0. The van der Waals surface area contributed by atoms with E-state index in [2.05, 4.69) is 13.8 Å². The summed E-state index contributed by atoms with van der Waals surface area (Å²) in [5.74, 6) is 2.97. The topological polar surface area (TPSA) is 34.1 Å². The lowest BCUT2D eigenvalue weighted by Gasteiger charge is -2.60. The van der Waals surface area contributed by atoms with E-state index >= 15 is 0 Å². The third-order valence-corrected chi connectivity index (χ3v) is 8.83. The van der Waals surface area contributed by atoms with Gasteiger partial charge in [-0.1, -0.05) is 26.7 Å². The molecule has 0 bridgehead atoms. The molecule has 0 N–H and O–H groups in total. The quantitative estimate of drug-likeness (QED) is 0.651. The monoisotopic (exact) mass is 316 g/mol. The number of hydrogen-bond acceptors (Lipinski definition) is 2. The Bertz CT molecular complexity index is 538. The summed E-state index contributed by atoms with van der Waals surface area (Å²) in [6.45, 7) is 6.47. The molecule has 23 heavy (non-hydrogen) atoms. The van der Waals surface area contributed by atoms with Crippen molar-refractivity contribution in [2.45, 2.75) is 78.6 Å². The molecule has 4 fully saturated rings. The van der Waals surface area contributed by atoms with E-state index in [-0.39, 0.29) is 22.9 Å². The van der Waals surface area contributed by atoms with Crippen molar-refractivity contribution in [3.8, 4) is 0 Å². The van der Waals surface area contributed by atoms with Gasteiger partial charge in [0.15, 0.2) is 0 Å². The normalized spacial score (nSPS) is 52.5. The van der Waals surface area contributed by atoms with E-state index in [0.29, 0.717) is 23.7 Å². The minimum absolute atomic E-state index is 0.0397. The molecular formula is C21H32O2. The van der Waals surface area contributed by atoms with E-state index in [0.717, 1.165) is 18.3 Å². The van der Waals surface area contributed by atoms with Crippen LogP contribution >= 0.6 is 0 Å². The van der Waals surface area contributed by atoms with Crippen LogP contribution in [-0.2, 0) is 9.59 Å². The predicted molar refractivity (Wildman–Crippen MR) is 90.9 cm³/mol. The Balaban J connectivity index is 1.67. The first kappa shape index (κ1) is 15.8. The number of hydrogen-bond donors (Lipinski definition) is 0. The second kappa shape index (κ2) is 5.17. The molecule has 0 aromatic heterocycles. The van der Waals surface area contributed by atoms with Crippen molar-refractivity contribution in [3.63, 3.8) is 0 Å². The molecule has 2 nitrogen and oxygen atoms in total. The molecule has 2 heteroatoms. The van der Waals surface area contributed by atoms with Crippen LogP contribution in [0.3, 0.4) is 0 Å². The molecule has 4 saturated carbocycles. The third-order valence-electron chi connectivity index (χ3n) is 8.83. The molecule has 0 aromatic carbocycles. The maximum atomic E-state index is 12.6. The molecule has 0 spiro atoms. The smallest absolute Gasteiger partial charge is 0.144 e. The van der Waals surface area contributed by atoms with Gasteiger partial charge in [0.1, 0.15) is 11.6 Å². The molecule has 4 rings (SSSR count). The van der Waals surface area contributed by atoms with E-state index in [9.17, 15) is 9.59 Å². The van der Waals surface area contributed by atoms with Gasteiger partial charge < -0.3 is 0 Å². The molecule has 0 aliphatic heterocycles. The summed E-state index contributed by atoms with van der Waals surface area (Å²) in [6.07, 6.45) is 11.3. The largest absolute Gasteiger partial charge is 0.299 e. The van der Waals surface area contributed by atoms with Gasteiger partial charge in [0.2, 0.25) is 0 Å². The second-order valence-electron chi connectivity index (χ2n) is 9.66. The first-order chi connectivity index (χ1) is 10.9. The molecule has 4 aliphatic rings. The van der Waals surface area contributed by atoms with Crippen LogP contribution in [0.15, 0.2) is 0 Å². The summed E-state index contributed by atoms with van der Waals surface area (Å²) in [7, 11) is 0. The Morgan fingerprint density at radius 1 is 0.957 bits per heavy atom. The maximum Gasteiger partial charge on any atom is 0.144 e. The highest BCUT2D eigenvalue weighted by Gasteiger charge is 2.62. The van der Waals surface area contributed by atoms with E-state index in [1.807, 2.05) is 0 Å². The van der Waals surface area contributed by atoms with Crippen molar-refractivity contribution in [2.24, 2.45) is 40.4 Å². The van der Waals surface area contributed by atoms with Crippen LogP contribution in [0, 0.1) is 40.4 Å². The third kappa shape index (κ3) is 2.05. The average Bonchev–Trinajstić information content (AvgIpc) is 2.77. The zero-order valence-corrected chi connectivity index (χ0v) is 15.1. The van der Waals surface area contributed by atoms with Gasteiger partial charge in [0.05, 0.1) is 5.92 Å². The molecule has 0 aromatic rings. The summed E-state index contributed by atoms with van der Waals surface area (Å²) in [4.78, 5) is 24.8. The Morgan fingerprint density at radius 2 is 1.74 bits per heavy atom. The molecule has 0 saturated heterocycles. The van der Waals surface area contributed by atoms with Gasteiger partial charge in [0.25, 0.3) is 0 Å². The van der Waals surface area contributed by atoms with Gasteiger partial charge in [-0.05, 0) is 80.0 Å². The number of fused-ring (bicyclic) bond motifs is 5. The molecule has 4 aliphatic carbocycles. The van der Waals surface area contributed by atoms with Crippen LogP contribution in [0.4, 0.5) is 0 Å². The van der Waals surface area contributed by atoms with Gasteiger partial charge in [-0.25, -0.2) is 0 Å². The fourth-order valence-corrected chi connectivity index (χ4v) is 7.78. The molecule has 0 radical (unpaired) electrons. The van der Waals surface area contributed by atoms with Gasteiger partial charge >= 0.3 is 0 Å². The molecule has 7 atom stereocenters. The summed E-state index contributed by atoms with van der Waals surface area (Å²) in [6, 6.07) is 0. The number of carbonyl (C=O) groups is 2. The molecule has 0 unspecified atom stereocenters. The highest BCUT2D eigenvalue weighted by molar-refractivity contribution is 6.04. The van der Waals surface area contributed by atoms with Crippen LogP contribution in [0.1, 0.15) is 78.6 Å². The van der Waals surface area contributed by atoms with Crippen molar-refractivity contribution in [2.75, 3.05) is 0 Å². The first-order valence-electron chi connectivity index (χ1n) is 9.91. The van der Waals surface area contributed by atoms with Crippen LogP contribution in [0.2, 0.25) is 0 Å². The van der Waals surface area contributed by atoms with Crippen LogP contribution in [0.5, 0.6) is 0 Å². The van der Waals surface area contributed by atoms with Crippen molar-refractivity contribution >= 4 is 11.6 Å². The van der Waals surface area contributed by atoms with Crippen LogP contribution in [-0.4, -0.2) is 11.6 Å². The number of carbonyl (C=O) groups excluding carboxylic acids is 2. The average molecular weight is 316 g/mol. The van der Waals surface area contributed by atoms with E-state index in [1.165, 1.54) is 44.9 Å². The zero-order chi connectivity index (χ0) is 16.4. The highest BCUT2D eigenvalue weighted by atomic mass is 16.2. The Labute approximate surface area is 140 Å². The van der Waals surface area contributed by atoms with E-state index in [4.69, 9.17) is 0 Å². The first-order valence-corrected chi connectivity index (χ1v) is 9.91. The summed E-state index contributed by atoms with van der Waals surface area (Å²) < 4.78 is 0. The van der Waals surface area contributed by atoms with Gasteiger partial charge in [-0.2, -0.15) is 0 Å². The van der Waals surface area contributed by atoms with Gasteiger partial charge in [0, 0.05) is 6.42 Å². The number of rotatable bonds is 1. The minimum atomic E-state index is -0.301. The second-order valence-corrected chi connectivity index (χ2v) is 9.66. The SMILES string of the molecule is CC(=O)[C@H]1C(=O)C[C@H]2[C@@H]3CC[C@H]4CCCC[C@]4(C)[C@H]3CC[C@]12C. The Kier molecular flexibility index (Phi) is 3.56. The summed E-state index contributed by atoms with van der Waals surface area (Å²) in [5.41, 5.74) is 0.474. The maximum absolute atomic E-state index is 12.6. The van der Waals surface area contributed by atoms with Crippen molar-refractivity contribution in [1.29, 1.82) is 0 Å². The molecule has 0 heterocycles.